The lowest BCUT2D eigenvalue weighted by Crippen LogP contribution is -2.25. The van der Waals surface area contributed by atoms with E-state index >= 15 is 0 Å². The van der Waals surface area contributed by atoms with Gasteiger partial charge < -0.3 is 9.16 Å². The van der Waals surface area contributed by atoms with Crippen molar-refractivity contribution in [2.45, 2.75) is 26.6 Å². The van der Waals surface area contributed by atoms with E-state index < -0.39 is 20.1 Å². The van der Waals surface area contributed by atoms with E-state index in [0.29, 0.717) is 5.76 Å². The Morgan fingerprint density at radius 3 is 2.07 bits per heavy atom. The molecule has 0 spiro atoms. The van der Waals surface area contributed by atoms with Gasteiger partial charge in [0.1, 0.15) is 0 Å². The van der Waals surface area contributed by atoms with Crippen molar-refractivity contribution in [3.8, 4) is 0 Å². The lowest BCUT2D eigenvalue weighted by molar-refractivity contribution is -0.149. The number of esters is 1. The molecule has 0 amide bonds. The molecule has 0 heterocycles. The molecule has 0 atom stereocenters. The summed E-state index contributed by atoms with van der Waals surface area (Å²) in [4.78, 5) is 21.8. The fraction of sp³-hybridized carbons (Fsp3) is 0.556. The van der Waals surface area contributed by atoms with E-state index in [1.54, 1.807) is 6.92 Å². The molecule has 0 saturated heterocycles. The standard InChI is InChI=1S/C9H16O4Si/c1-7(13-14(3,4)5)6-8(10)9(11)12-2/h6H,1-5H3/b7-6+. The second-order valence-electron chi connectivity index (χ2n) is 3.83. The largest absolute Gasteiger partial charge is 0.547 e. The Labute approximate surface area is 85.0 Å². The second kappa shape index (κ2) is 4.95. The SMILES string of the molecule is COC(=O)C(=O)/C=C(\C)O[Si](C)(C)C. The molecule has 0 fully saturated rings. The predicted octanol–water partition coefficient (Wildman–Crippen LogP) is 1.48. The van der Waals surface area contributed by atoms with Crippen LogP contribution in [0.15, 0.2) is 11.8 Å². The Morgan fingerprint density at radius 1 is 1.21 bits per heavy atom. The topological polar surface area (TPSA) is 52.6 Å². The summed E-state index contributed by atoms with van der Waals surface area (Å²) in [6, 6.07) is 0. The maximum atomic E-state index is 11.1. The summed E-state index contributed by atoms with van der Waals surface area (Å²) in [5.41, 5.74) is 0. The van der Waals surface area contributed by atoms with Gasteiger partial charge in [-0.05, 0) is 26.6 Å². The highest BCUT2D eigenvalue weighted by Gasteiger charge is 2.17. The number of hydrogen-bond donors (Lipinski definition) is 0. The third-order valence-corrected chi connectivity index (χ3v) is 2.12. The number of ether oxygens (including phenoxy) is 1. The molecule has 0 aromatic rings. The van der Waals surface area contributed by atoms with E-state index in [1.807, 2.05) is 19.6 Å². The zero-order chi connectivity index (χ0) is 11.4. The first-order valence-electron chi connectivity index (χ1n) is 4.26. The van der Waals surface area contributed by atoms with Crippen molar-refractivity contribution in [3.05, 3.63) is 11.8 Å². The van der Waals surface area contributed by atoms with Gasteiger partial charge in [-0.15, -0.1) is 0 Å². The van der Waals surface area contributed by atoms with Crippen LogP contribution in [0.1, 0.15) is 6.92 Å². The van der Waals surface area contributed by atoms with Gasteiger partial charge in [0.2, 0.25) is 8.32 Å². The van der Waals surface area contributed by atoms with Crippen LogP contribution in [0.4, 0.5) is 0 Å². The first-order chi connectivity index (χ1) is 6.26. The Balaban J connectivity index is 4.38. The maximum Gasteiger partial charge on any atom is 0.378 e. The van der Waals surface area contributed by atoms with Crippen LogP contribution in [0, 0.1) is 0 Å². The van der Waals surface area contributed by atoms with Crippen LogP contribution in [-0.2, 0) is 18.8 Å². The van der Waals surface area contributed by atoms with Crippen molar-refractivity contribution in [1.82, 2.24) is 0 Å². The van der Waals surface area contributed by atoms with E-state index in [9.17, 15) is 9.59 Å². The van der Waals surface area contributed by atoms with Gasteiger partial charge in [-0.25, -0.2) is 4.79 Å². The van der Waals surface area contributed by atoms with Crippen molar-refractivity contribution in [1.29, 1.82) is 0 Å². The monoisotopic (exact) mass is 216 g/mol. The molecule has 0 aromatic heterocycles. The van der Waals surface area contributed by atoms with E-state index in [1.165, 1.54) is 7.11 Å². The van der Waals surface area contributed by atoms with Crippen LogP contribution >= 0.6 is 0 Å². The highest BCUT2D eigenvalue weighted by atomic mass is 28.4. The van der Waals surface area contributed by atoms with Gasteiger partial charge in [0, 0.05) is 6.08 Å². The zero-order valence-corrected chi connectivity index (χ0v) is 10.2. The second-order valence-corrected chi connectivity index (χ2v) is 8.25. The number of methoxy groups -OCH3 is 1. The molecule has 5 heteroatoms. The average Bonchev–Trinajstić information content (AvgIpc) is 1.99. The van der Waals surface area contributed by atoms with Crippen LogP contribution in [0.25, 0.3) is 0 Å². The summed E-state index contributed by atoms with van der Waals surface area (Å²) in [7, 11) is -0.535. The minimum atomic E-state index is -1.70. The van der Waals surface area contributed by atoms with Crippen LogP contribution in [0.2, 0.25) is 19.6 Å². The molecular weight excluding hydrogens is 200 g/mol. The smallest absolute Gasteiger partial charge is 0.378 e. The average molecular weight is 216 g/mol. The first kappa shape index (κ1) is 12.9. The minimum absolute atomic E-state index is 0.458. The molecule has 0 N–H and O–H groups in total. The molecular formula is C9H16O4Si. The predicted molar refractivity (Wildman–Crippen MR) is 55.2 cm³/mol. The molecule has 0 saturated carbocycles. The van der Waals surface area contributed by atoms with Gasteiger partial charge in [0.25, 0.3) is 5.78 Å². The quantitative estimate of drug-likeness (QED) is 0.235. The van der Waals surface area contributed by atoms with Crippen molar-refractivity contribution in [2.24, 2.45) is 0 Å². The lowest BCUT2D eigenvalue weighted by atomic mass is 10.3. The molecule has 80 valence electrons. The number of carbonyl (C=O) groups is 2. The molecule has 0 aliphatic rings. The normalized spacial score (nSPS) is 12.2. The van der Waals surface area contributed by atoms with Gasteiger partial charge in [-0.1, -0.05) is 0 Å². The summed E-state index contributed by atoms with van der Waals surface area (Å²) in [5, 5.41) is 0. The summed E-state index contributed by atoms with van der Waals surface area (Å²) in [6.45, 7) is 7.63. The van der Waals surface area contributed by atoms with Gasteiger partial charge >= 0.3 is 5.97 Å². The van der Waals surface area contributed by atoms with Crippen LogP contribution < -0.4 is 0 Å². The number of hydrogen-bond acceptors (Lipinski definition) is 4. The molecule has 0 aliphatic heterocycles. The fourth-order valence-corrected chi connectivity index (χ4v) is 1.88. The number of rotatable bonds is 4. The van der Waals surface area contributed by atoms with Crippen molar-refractivity contribution < 1.29 is 18.8 Å². The van der Waals surface area contributed by atoms with Crippen molar-refractivity contribution in [3.63, 3.8) is 0 Å². The lowest BCUT2D eigenvalue weighted by Gasteiger charge is -2.19. The third kappa shape index (κ3) is 5.53. The summed E-state index contributed by atoms with van der Waals surface area (Å²) in [5.74, 6) is -1.11. The molecule has 0 aromatic carbocycles. The van der Waals surface area contributed by atoms with E-state index in [2.05, 4.69) is 4.74 Å². The van der Waals surface area contributed by atoms with Crippen LogP contribution in [0.5, 0.6) is 0 Å². The van der Waals surface area contributed by atoms with Crippen molar-refractivity contribution in [2.75, 3.05) is 7.11 Å². The molecule has 4 nitrogen and oxygen atoms in total. The Bertz CT molecular complexity index is 262. The molecule has 0 rings (SSSR count). The highest BCUT2D eigenvalue weighted by Crippen LogP contribution is 2.09. The van der Waals surface area contributed by atoms with Gasteiger partial charge in [-0.3, -0.25) is 4.79 Å². The van der Waals surface area contributed by atoms with Crippen LogP contribution in [-0.4, -0.2) is 27.2 Å². The van der Waals surface area contributed by atoms with Gasteiger partial charge in [-0.2, -0.15) is 0 Å². The highest BCUT2D eigenvalue weighted by molar-refractivity contribution is 6.70. The van der Waals surface area contributed by atoms with Gasteiger partial charge in [0.05, 0.1) is 12.9 Å². The molecule has 0 aliphatic carbocycles. The summed E-state index contributed by atoms with van der Waals surface area (Å²) < 4.78 is 9.74. The van der Waals surface area contributed by atoms with E-state index in [4.69, 9.17) is 4.43 Å². The van der Waals surface area contributed by atoms with Crippen molar-refractivity contribution >= 4 is 20.1 Å². The Morgan fingerprint density at radius 2 is 1.71 bits per heavy atom. The fourth-order valence-electron chi connectivity index (χ4n) is 0.857. The number of ketones is 1. The Kier molecular flexibility index (Phi) is 4.56. The summed E-state index contributed by atoms with van der Waals surface area (Å²) >= 11 is 0. The van der Waals surface area contributed by atoms with E-state index in [-0.39, 0.29) is 0 Å². The zero-order valence-electron chi connectivity index (χ0n) is 9.21. The molecule has 0 unspecified atom stereocenters. The number of carbonyl (C=O) groups excluding carboxylic acids is 2. The first-order valence-corrected chi connectivity index (χ1v) is 7.66. The molecule has 0 radical (unpaired) electrons. The van der Waals surface area contributed by atoms with Gasteiger partial charge in [0.15, 0.2) is 0 Å². The minimum Gasteiger partial charge on any atom is -0.547 e. The summed E-state index contributed by atoms with van der Waals surface area (Å²) in [6.07, 6.45) is 1.16. The molecule has 14 heavy (non-hydrogen) atoms. The Hall–Kier alpha value is -1.10. The third-order valence-electron chi connectivity index (χ3n) is 1.19. The molecule has 0 bridgehead atoms. The van der Waals surface area contributed by atoms with E-state index in [0.717, 1.165) is 6.08 Å². The number of allylic oxidation sites excluding steroid dienone is 1. The van der Waals surface area contributed by atoms with Crippen LogP contribution in [0.3, 0.4) is 0 Å². The maximum absolute atomic E-state index is 11.1.